The van der Waals surface area contributed by atoms with Crippen LogP contribution in [0.15, 0.2) is 12.1 Å². The number of hydrogen-bond donors (Lipinski definition) is 1. The Morgan fingerprint density at radius 3 is 2.79 bits per heavy atom. The monoisotopic (exact) mass is 468 g/mol. The molecule has 34 heavy (non-hydrogen) atoms. The highest BCUT2D eigenvalue weighted by molar-refractivity contribution is 5.70. The Morgan fingerprint density at radius 2 is 2.03 bits per heavy atom. The van der Waals surface area contributed by atoms with E-state index < -0.39 is 5.97 Å². The van der Waals surface area contributed by atoms with Crippen LogP contribution in [0.4, 0.5) is 0 Å². The van der Waals surface area contributed by atoms with Crippen LogP contribution < -0.4 is 9.47 Å². The van der Waals surface area contributed by atoms with E-state index in [-0.39, 0.29) is 12.0 Å². The van der Waals surface area contributed by atoms with E-state index in [1.165, 1.54) is 12.8 Å². The van der Waals surface area contributed by atoms with Gasteiger partial charge in [0.05, 0.1) is 42.3 Å². The third-order valence-corrected chi connectivity index (χ3v) is 6.44. The lowest BCUT2D eigenvalue weighted by Gasteiger charge is -2.27. The van der Waals surface area contributed by atoms with Crippen molar-refractivity contribution in [3.63, 3.8) is 0 Å². The number of carboxylic acid groups (broad SMARTS) is 1. The molecule has 0 aliphatic heterocycles. The molecule has 0 amide bonds. The average Bonchev–Trinajstić information content (AvgIpc) is 3.44. The zero-order valence-electron chi connectivity index (χ0n) is 19.3. The molecule has 2 fully saturated rings. The molecule has 0 saturated heterocycles. The number of hydrogen-bond acceptors (Lipinski definition) is 9. The van der Waals surface area contributed by atoms with Crippen LogP contribution >= 0.6 is 0 Å². The summed E-state index contributed by atoms with van der Waals surface area (Å²) in [6.07, 6.45) is 5.15. The third-order valence-electron chi connectivity index (χ3n) is 6.44. The molecule has 0 unspecified atom stereocenters. The van der Waals surface area contributed by atoms with E-state index >= 15 is 0 Å². The van der Waals surface area contributed by atoms with Crippen LogP contribution in [-0.4, -0.2) is 64.0 Å². The molecule has 1 N–H and O–H groups in total. The first-order valence-electron chi connectivity index (χ1n) is 11.6. The number of pyridine rings is 1. The highest BCUT2D eigenvalue weighted by Crippen LogP contribution is 2.31. The number of ether oxygens (including phenoxy) is 2. The van der Waals surface area contributed by atoms with Crippen LogP contribution in [-0.2, 0) is 18.4 Å². The first kappa shape index (κ1) is 22.2. The molecule has 180 valence electrons. The molecule has 2 atom stereocenters. The second kappa shape index (κ2) is 9.35. The summed E-state index contributed by atoms with van der Waals surface area (Å²) in [5.41, 5.74) is 2.79. The van der Waals surface area contributed by atoms with Gasteiger partial charge in [-0.05, 0) is 73.9 Å². The molecule has 3 aromatic heterocycles. The van der Waals surface area contributed by atoms with Gasteiger partial charge in [-0.3, -0.25) is 4.79 Å². The zero-order valence-corrected chi connectivity index (χ0v) is 19.3. The van der Waals surface area contributed by atoms with Crippen molar-refractivity contribution in [1.82, 2.24) is 40.2 Å². The van der Waals surface area contributed by atoms with E-state index in [0.717, 1.165) is 18.5 Å². The lowest BCUT2D eigenvalue weighted by molar-refractivity contribution is -0.143. The highest BCUT2D eigenvalue weighted by Gasteiger charge is 2.29. The normalized spacial score (nSPS) is 20.3. The molecule has 0 radical (unpaired) electrons. The number of tetrazole rings is 1. The smallest absolute Gasteiger partial charge is 0.335 e. The van der Waals surface area contributed by atoms with Crippen molar-refractivity contribution >= 4 is 5.97 Å². The molecule has 0 aromatic carbocycles. The Morgan fingerprint density at radius 1 is 1.18 bits per heavy atom. The molecule has 0 spiro atoms. The van der Waals surface area contributed by atoms with Gasteiger partial charge in [0.1, 0.15) is 11.4 Å². The standard InChI is InChI=1S/C22H28N8O4/c1-13-19(34-16-5-3-4-15(10-16)21(31)32)9-8-17(23-13)20-18(29(2)27-24-20)11-30-22(25-26-28-30)33-12-14-6-7-14/h8-9,14-16H,3-7,10-12H2,1-2H3,(H,31,32)/t15-,16-/m0/s1. The predicted molar refractivity (Wildman–Crippen MR) is 118 cm³/mol. The molecule has 3 aromatic rings. The predicted octanol–water partition coefficient (Wildman–Crippen LogP) is 2.03. The Hall–Kier alpha value is -3.57. The van der Waals surface area contributed by atoms with Crippen molar-refractivity contribution < 1.29 is 19.4 Å². The van der Waals surface area contributed by atoms with Crippen molar-refractivity contribution in [2.75, 3.05) is 6.61 Å². The number of aromatic nitrogens is 8. The minimum Gasteiger partial charge on any atom is -0.489 e. The van der Waals surface area contributed by atoms with Gasteiger partial charge in [-0.2, -0.15) is 4.68 Å². The van der Waals surface area contributed by atoms with Gasteiger partial charge >= 0.3 is 12.0 Å². The molecule has 5 rings (SSSR count). The van der Waals surface area contributed by atoms with Gasteiger partial charge in [0.25, 0.3) is 0 Å². The Bertz CT molecular complexity index is 1170. The van der Waals surface area contributed by atoms with Crippen molar-refractivity contribution in [3.05, 3.63) is 23.5 Å². The Labute approximate surface area is 196 Å². The van der Waals surface area contributed by atoms with Gasteiger partial charge in [-0.25, -0.2) is 9.67 Å². The van der Waals surface area contributed by atoms with Crippen LogP contribution in [0.5, 0.6) is 11.8 Å². The van der Waals surface area contributed by atoms with Crippen LogP contribution in [0.2, 0.25) is 0 Å². The molecular formula is C22H28N8O4. The SMILES string of the molecule is Cc1nc(-c2nnn(C)c2Cn2nnnc2OCC2CC2)ccc1O[C@H]1CCC[C@H](C(=O)O)C1. The summed E-state index contributed by atoms with van der Waals surface area (Å²) in [4.78, 5) is 16.1. The molecular weight excluding hydrogens is 440 g/mol. The number of rotatable bonds is 9. The fraction of sp³-hybridized carbons (Fsp3) is 0.591. The number of carboxylic acids is 1. The maximum Gasteiger partial charge on any atom is 0.335 e. The second-order valence-electron chi connectivity index (χ2n) is 9.10. The zero-order chi connectivity index (χ0) is 23.7. The molecule has 2 aliphatic carbocycles. The van der Waals surface area contributed by atoms with Gasteiger partial charge in [0, 0.05) is 7.05 Å². The van der Waals surface area contributed by atoms with E-state index in [0.29, 0.717) is 60.8 Å². The van der Waals surface area contributed by atoms with E-state index in [1.807, 2.05) is 26.1 Å². The number of aliphatic carboxylic acids is 1. The van der Waals surface area contributed by atoms with Crippen molar-refractivity contribution in [3.8, 4) is 23.1 Å². The van der Waals surface area contributed by atoms with E-state index in [2.05, 4.69) is 25.8 Å². The van der Waals surface area contributed by atoms with E-state index in [1.54, 1.807) is 9.36 Å². The summed E-state index contributed by atoms with van der Waals surface area (Å²) in [5, 5.41) is 29.6. The highest BCUT2D eigenvalue weighted by atomic mass is 16.5. The van der Waals surface area contributed by atoms with Crippen LogP contribution in [0.3, 0.4) is 0 Å². The molecule has 2 saturated carbocycles. The van der Waals surface area contributed by atoms with Gasteiger partial charge in [-0.1, -0.05) is 10.3 Å². The summed E-state index contributed by atoms with van der Waals surface area (Å²) in [6, 6.07) is 4.08. The maximum atomic E-state index is 11.4. The summed E-state index contributed by atoms with van der Waals surface area (Å²) in [7, 11) is 1.81. The molecule has 3 heterocycles. The van der Waals surface area contributed by atoms with E-state index in [9.17, 15) is 9.90 Å². The molecule has 12 heteroatoms. The summed E-state index contributed by atoms with van der Waals surface area (Å²) in [6.45, 7) is 2.83. The molecule has 2 aliphatic rings. The fourth-order valence-corrected chi connectivity index (χ4v) is 4.23. The van der Waals surface area contributed by atoms with Crippen LogP contribution in [0.25, 0.3) is 11.4 Å². The number of carbonyl (C=O) groups is 1. The van der Waals surface area contributed by atoms with Gasteiger partial charge in [0.2, 0.25) is 0 Å². The van der Waals surface area contributed by atoms with Gasteiger partial charge in [0.15, 0.2) is 0 Å². The maximum absolute atomic E-state index is 11.4. The topological polar surface area (TPSA) is 143 Å². The largest absolute Gasteiger partial charge is 0.489 e. The van der Waals surface area contributed by atoms with Crippen LogP contribution in [0, 0.1) is 18.8 Å². The van der Waals surface area contributed by atoms with Gasteiger partial charge in [-0.15, -0.1) is 5.10 Å². The molecule has 12 nitrogen and oxygen atoms in total. The minimum absolute atomic E-state index is 0.123. The van der Waals surface area contributed by atoms with Crippen molar-refractivity contribution in [1.29, 1.82) is 0 Å². The number of aryl methyl sites for hydroxylation is 2. The molecule has 0 bridgehead atoms. The lowest BCUT2D eigenvalue weighted by atomic mass is 9.87. The first-order valence-corrected chi connectivity index (χ1v) is 11.6. The van der Waals surface area contributed by atoms with Crippen molar-refractivity contribution in [2.24, 2.45) is 18.9 Å². The fourth-order valence-electron chi connectivity index (χ4n) is 4.23. The van der Waals surface area contributed by atoms with Gasteiger partial charge < -0.3 is 14.6 Å². The van der Waals surface area contributed by atoms with E-state index in [4.69, 9.17) is 14.5 Å². The first-order chi connectivity index (χ1) is 16.5. The lowest BCUT2D eigenvalue weighted by Crippen LogP contribution is -2.29. The van der Waals surface area contributed by atoms with Crippen LogP contribution in [0.1, 0.15) is 49.9 Å². The third kappa shape index (κ3) is 4.85. The number of nitrogens with zero attached hydrogens (tertiary/aromatic N) is 8. The van der Waals surface area contributed by atoms with Crippen molar-refractivity contribution in [2.45, 2.75) is 58.1 Å². The summed E-state index contributed by atoms with van der Waals surface area (Å²) < 4.78 is 15.2. The quantitative estimate of drug-likeness (QED) is 0.495. The summed E-state index contributed by atoms with van der Waals surface area (Å²) >= 11 is 0. The Kier molecular flexibility index (Phi) is 6.12. The average molecular weight is 469 g/mol. The summed E-state index contributed by atoms with van der Waals surface area (Å²) in [5.74, 6) is 0.146. The Balaban J connectivity index is 1.32. The minimum atomic E-state index is -0.752. The second-order valence-corrected chi connectivity index (χ2v) is 9.10.